The van der Waals surface area contributed by atoms with Gasteiger partial charge in [0.05, 0.1) is 0 Å². The molecular formula is H4MgO4PrS. The molecule has 0 atom stereocenters. The van der Waals surface area contributed by atoms with Crippen LogP contribution in [0.4, 0.5) is 0 Å². The molecule has 0 bridgehead atoms. The van der Waals surface area contributed by atoms with Crippen molar-refractivity contribution in [1.82, 2.24) is 0 Å². The van der Waals surface area contributed by atoms with E-state index in [4.69, 9.17) is 17.5 Å². The van der Waals surface area contributed by atoms with Gasteiger partial charge in [-0.2, -0.15) is 8.42 Å². The van der Waals surface area contributed by atoms with Crippen LogP contribution >= 0.6 is 0 Å². The average molecular weight is 265 g/mol. The molecule has 0 unspecified atom stereocenters. The van der Waals surface area contributed by atoms with E-state index in [-0.39, 0.29) is 67.2 Å². The van der Waals surface area contributed by atoms with Gasteiger partial charge in [0.15, 0.2) is 0 Å². The summed E-state index contributed by atoms with van der Waals surface area (Å²) in [5, 5.41) is 0. The van der Waals surface area contributed by atoms with Crippen LogP contribution in [0.2, 0.25) is 0 Å². The van der Waals surface area contributed by atoms with Crippen LogP contribution in [0, 0.1) is 41.3 Å². The average Bonchev–Trinajstić information content (AvgIpc) is 0.722. The molecule has 0 aliphatic rings. The molecule has 7 heavy (non-hydrogen) atoms. The minimum Gasteiger partial charge on any atom is -1.00 e. The summed E-state index contributed by atoms with van der Waals surface area (Å²) in [7, 11) is -4.67. The van der Waals surface area contributed by atoms with Crippen LogP contribution in [0.25, 0.3) is 0 Å². The van der Waals surface area contributed by atoms with E-state index in [0.717, 1.165) is 0 Å². The van der Waals surface area contributed by atoms with Crippen molar-refractivity contribution in [1.29, 1.82) is 0 Å². The Bertz CT molecular complexity index is 102. The second-order valence-corrected chi connectivity index (χ2v) is 1.34. The Kier molecular flexibility index (Phi) is 14.0. The molecule has 2 N–H and O–H groups in total. The molecule has 7 heteroatoms. The number of rotatable bonds is 0. The molecule has 4 nitrogen and oxygen atoms in total. The van der Waals surface area contributed by atoms with Crippen molar-refractivity contribution in [2.45, 2.75) is 0 Å². The Morgan fingerprint density at radius 1 is 1.29 bits per heavy atom. The third kappa shape index (κ3) is 72.0. The van der Waals surface area contributed by atoms with E-state index in [1.807, 2.05) is 0 Å². The van der Waals surface area contributed by atoms with Crippen molar-refractivity contribution < 1.29 is 61.7 Å². The van der Waals surface area contributed by atoms with E-state index in [1.54, 1.807) is 0 Å². The first-order valence-electron chi connectivity index (χ1n) is 0.698. The molecule has 1 radical (unpaired) electrons. The molecule has 0 amide bonds. The third-order valence-electron chi connectivity index (χ3n) is 0. The van der Waals surface area contributed by atoms with E-state index >= 15 is 0 Å². The molecule has 0 heterocycles. The zero-order valence-corrected chi connectivity index (χ0v) is 9.34. The SMILES string of the molecule is O=S(=O)(O)O.[H-].[H-].[Mg+2].[Pr]. The maximum atomic E-state index is 8.74. The standard InChI is InChI=1S/Mg.H2O4S.Pr.2H/c;1-5(2,3)4;;;/h;(H2,1,2,3,4);;;/q+2;;;2*-1. The Morgan fingerprint density at radius 3 is 1.29 bits per heavy atom. The second kappa shape index (κ2) is 6.12. The topological polar surface area (TPSA) is 74.6 Å². The van der Waals surface area contributed by atoms with Gasteiger partial charge in [0, 0.05) is 41.3 Å². The van der Waals surface area contributed by atoms with Crippen molar-refractivity contribution in [2.75, 3.05) is 0 Å². The predicted molar refractivity (Wildman–Crippen MR) is 22.2 cm³/mol. The molecule has 0 aromatic rings. The molecule has 0 saturated heterocycles. The fourth-order valence-corrected chi connectivity index (χ4v) is 0. The number of hydrogen-bond acceptors (Lipinski definition) is 2. The summed E-state index contributed by atoms with van der Waals surface area (Å²) in [6.07, 6.45) is 0. The molecule has 0 saturated carbocycles. The third-order valence-corrected chi connectivity index (χ3v) is 0. The summed E-state index contributed by atoms with van der Waals surface area (Å²) in [6.45, 7) is 0. The first kappa shape index (κ1) is 16.0. The first-order valence-corrected chi connectivity index (χ1v) is 2.10. The molecule has 0 rings (SSSR count). The van der Waals surface area contributed by atoms with Crippen molar-refractivity contribution in [3.8, 4) is 0 Å². The van der Waals surface area contributed by atoms with Gasteiger partial charge >= 0.3 is 33.5 Å². The molecule has 0 aromatic carbocycles. The zero-order valence-electron chi connectivity index (χ0n) is 5.40. The molecular weight excluding hydrogens is 261 g/mol. The fourth-order valence-electron chi connectivity index (χ4n) is 0. The molecule has 0 spiro atoms. The van der Waals surface area contributed by atoms with Gasteiger partial charge in [-0.3, -0.25) is 9.11 Å². The largest absolute Gasteiger partial charge is 2.00 e. The van der Waals surface area contributed by atoms with Crippen LogP contribution < -0.4 is 0 Å². The molecule has 0 aliphatic carbocycles. The van der Waals surface area contributed by atoms with Crippen LogP contribution in [0.1, 0.15) is 2.85 Å². The van der Waals surface area contributed by atoms with Crippen molar-refractivity contribution in [3.63, 3.8) is 0 Å². The van der Waals surface area contributed by atoms with E-state index in [9.17, 15) is 0 Å². The summed E-state index contributed by atoms with van der Waals surface area (Å²) in [6, 6.07) is 0. The first-order chi connectivity index (χ1) is 2.00. The van der Waals surface area contributed by atoms with Gasteiger partial charge in [0.1, 0.15) is 0 Å². The quantitative estimate of drug-likeness (QED) is 0.444. The fraction of sp³-hybridized carbons (Fsp3) is 0. The Labute approximate surface area is 93.7 Å². The van der Waals surface area contributed by atoms with Crippen LogP contribution in [0.3, 0.4) is 0 Å². The van der Waals surface area contributed by atoms with Gasteiger partial charge in [-0.15, -0.1) is 0 Å². The van der Waals surface area contributed by atoms with E-state index in [0.29, 0.717) is 0 Å². The summed E-state index contributed by atoms with van der Waals surface area (Å²) < 4.78 is 31.6. The van der Waals surface area contributed by atoms with Gasteiger partial charge in [0.2, 0.25) is 0 Å². The van der Waals surface area contributed by atoms with Gasteiger partial charge < -0.3 is 2.85 Å². The van der Waals surface area contributed by atoms with E-state index < -0.39 is 10.4 Å². The molecule has 0 aromatic heterocycles. The van der Waals surface area contributed by atoms with Crippen molar-refractivity contribution in [3.05, 3.63) is 0 Å². The molecule has 0 aliphatic heterocycles. The molecule has 0 fully saturated rings. The van der Waals surface area contributed by atoms with Gasteiger partial charge in [0.25, 0.3) is 0 Å². The maximum Gasteiger partial charge on any atom is 2.00 e. The summed E-state index contributed by atoms with van der Waals surface area (Å²) >= 11 is 0. The maximum absolute atomic E-state index is 8.74. The van der Waals surface area contributed by atoms with Gasteiger partial charge in [-0.05, 0) is 0 Å². The summed E-state index contributed by atoms with van der Waals surface area (Å²) in [5.41, 5.74) is 0. The summed E-state index contributed by atoms with van der Waals surface area (Å²) in [4.78, 5) is 0. The van der Waals surface area contributed by atoms with Crippen LogP contribution in [-0.2, 0) is 10.4 Å². The zero-order chi connectivity index (χ0) is 4.50. The minimum atomic E-state index is -4.67. The monoisotopic (exact) mass is 265 g/mol. The van der Waals surface area contributed by atoms with E-state index in [2.05, 4.69) is 0 Å². The van der Waals surface area contributed by atoms with Crippen LogP contribution in [0.15, 0.2) is 0 Å². The second-order valence-electron chi connectivity index (χ2n) is 0.448. The van der Waals surface area contributed by atoms with Crippen molar-refractivity contribution in [2.24, 2.45) is 0 Å². The number of hydrogen-bond donors (Lipinski definition) is 2. The van der Waals surface area contributed by atoms with Crippen LogP contribution in [0.5, 0.6) is 0 Å². The normalized spacial score (nSPS) is 8.29. The Morgan fingerprint density at radius 2 is 1.29 bits per heavy atom. The van der Waals surface area contributed by atoms with Gasteiger partial charge in [-0.1, -0.05) is 0 Å². The summed E-state index contributed by atoms with van der Waals surface area (Å²) in [5.74, 6) is 0. The molecule has 39 valence electrons. The Balaban J connectivity index is -0.0000000133. The van der Waals surface area contributed by atoms with Gasteiger partial charge in [-0.25, -0.2) is 0 Å². The van der Waals surface area contributed by atoms with E-state index in [1.165, 1.54) is 0 Å². The predicted octanol–water partition coefficient (Wildman–Crippen LogP) is -0.809. The smallest absolute Gasteiger partial charge is 1.00 e. The Hall–Kier alpha value is 2.00. The minimum absolute atomic E-state index is 0. The van der Waals surface area contributed by atoms with Crippen LogP contribution in [-0.4, -0.2) is 40.6 Å². The van der Waals surface area contributed by atoms with Crippen molar-refractivity contribution >= 4 is 33.5 Å².